The maximum absolute atomic E-state index is 14.0. The molecule has 2 nitrogen and oxygen atoms in total. The van der Waals surface area contributed by atoms with Crippen LogP contribution in [0, 0.1) is 12.7 Å². The van der Waals surface area contributed by atoms with Gasteiger partial charge in [-0.15, -0.1) is 0 Å². The van der Waals surface area contributed by atoms with Gasteiger partial charge in [-0.05, 0) is 30.2 Å². The maximum atomic E-state index is 14.0. The maximum Gasteiger partial charge on any atom is 0.131 e. The molecule has 1 unspecified atom stereocenters. The van der Waals surface area contributed by atoms with E-state index in [-0.39, 0.29) is 5.82 Å². The highest BCUT2D eigenvalue weighted by atomic mass is 19.1. The monoisotopic (exact) mass is 245 g/mol. The van der Waals surface area contributed by atoms with Gasteiger partial charge in [-0.1, -0.05) is 30.3 Å². The fourth-order valence-electron chi connectivity index (χ4n) is 1.90. The number of ether oxygens (including phenoxy) is 1. The first-order valence-corrected chi connectivity index (χ1v) is 5.78. The molecular weight excluding hydrogens is 229 g/mol. The van der Waals surface area contributed by atoms with Crippen molar-refractivity contribution in [3.05, 3.63) is 65.0 Å². The normalized spacial score (nSPS) is 12.2. The van der Waals surface area contributed by atoms with E-state index in [0.29, 0.717) is 11.1 Å². The van der Waals surface area contributed by atoms with E-state index in [1.54, 1.807) is 26.2 Å². The summed E-state index contributed by atoms with van der Waals surface area (Å²) in [5, 5.41) is 0. The first-order valence-electron chi connectivity index (χ1n) is 5.78. The topological polar surface area (TPSA) is 35.2 Å². The summed E-state index contributed by atoms with van der Waals surface area (Å²) in [5.41, 5.74) is 8.08. The molecule has 2 rings (SSSR count). The number of benzene rings is 2. The second-order valence-corrected chi connectivity index (χ2v) is 4.23. The Morgan fingerprint density at radius 1 is 1.11 bits per heavy atom. The lowest BCUT2D eigenvalue weighted by Crippen LogP contribution is -2.14. The van der Waals surface area contributed by atoms with E-state index in [9.17, 15) is 4.39 Å². The molecule has 0 saturated heterocycles. The van der Waals surface area contributed by atoms with Crippen LogP contribution in [0.3, 0.4) is 0 Å². The fourth-order valence-corrected chi connectivity index (χ4v) is 1.90. The van der Waals surface area contributed by atoms with Crippen LogP contribution in [0.1, 0.15) is 22.7 Å². The molecule has 94 valence electrons. The van der Waals surface area contributed by atoms with Gasteiger partial charge in [0.1, 0.15) is 11.6 Å². The number of aryl methyl sites for hydroxylation is 1. The molecule has 3 heteroatoms. The van der Waals surface area contributed by atoms with Gasteiger partial charge in [-0.2, -0.15) is 0 Å². The van der Waals surface area contributed by atoms with Gasteiger partial charge in [-0.3, -0.25) is 0 Å². The average molecular weight is 245 g/mol. The standard InChI is InChI=1S/C15H16FNO/c1-10-4-3-5-13(14(10)16)15(17)11-6-8-12(18-2)9-7-11/h3-9,15H,17H2,1-2H3. The predicted octanol–water partition coefficient (Wildman–Crippen LogP) is 3.19. The zero-order chi connectivity index (χ0) is 13.1. The first-order chi connectivity index (χ1) is 8.63. The molecule has 0 amide bonds. The van der Waals surface area contributed by atoms with Gasteiger partial charge in [0.15, 0.2) is 0 Å². The Kier molecular flexibility index (Phi) is 3.63. The van der Waals surface area contributed by atoms with E-state index >= 15 is 0 Å². The summed E-state index contributed by atoms with van der Waals surface area (Å²) in [5.74, 6) is 0.525. The third-order valence-electron chi connectivity index (χ3n) is 3.03. The highest BCUT2D eigenvalue weighted by molar-refractivity contribution is 5.37. The summed E-state index contributed by atoms with van der Waals surface area (Å²) in [4.78, 5) is 0. The van der Waals surface area contributed by atoms with Crippen molar-refractivity contribution < 1.29 is 9.13 Å². The third kappa shape index (κ3) is 2.36. The average Bonchev–Trinajstić information content (AvgIpc) is 2.41. The molecule has 2 N–H and O–H groups in total. The summed E-state index contributed by atoms with van der Waals surface area (Å²) < 4.78 is 19.1. The van der Waals surface area contributed by atoms with Gasteiger partial charge < -0.3 is 10.5 Å². The van der Waals surface area contributed by atoms with Gasteiger partial charge in [0.05, 0.1) is 13.2 Å². The lowest BCUT2D eigenvalue weighted by molar-refractivity contribution is 0.414. The zero-order valence-electron chi connectivity index (χ0n) is 10.5. The van der Waals surface area contributed by atoms with Crippen molar-refractivity contribution >= 4 is 0 Å². The molecule has 0 aliphatic rings. The number of methoxy groups -OCH3 is 1. The summed E-state index contributed by atoms with van der Waals surface area (Å²) in [6.07, 6.45) is 0. The summed E-state index contributed by atoms with van der Waals surface area (Å²) in [6, 6.07) is 12.2. The Balaban J connectivity index is 2.35. The minimum absolute atomic E-state index is 0.235. The van der Waals surface area contributed by atoms with Crippen LogP contribution >= 0.6 is 0 Å². The van der Waals surface area contributed by atoms with Crippen molar-refractivity contribution in [2.24, 2.45) is 5.73 Å². The number of nitrogens with two attached hydrogens (primary N) is 1. The quantitative estimate of drug-likeness (QED) is 0.901. The van der Waals surface area contributed by atoms with Crippen molar-refractivity contribution in [3.8, 4) is 5.75 Å². The lowest BCUT2D eigenvalue weighted by atomic mass is 9.97. The van der Waals surface area contributed by atoms with Crippen LogP contribution in [0.25, 0.3) is 0 Å². The third-order valence-corrected chi connectivity index (χ3v) is 3.03. The molecule has 0 aliphatic heterocycles. The zero-order valence-corrected chi connectivity index (χ0v) is 10.5. The van der Waals surface area contributed by atoms with Crippen molar-refractivity contribution in [1.82, 2.24) is 0 Å². The summed E-state index contributed by atoms with van der Waals surface area (Å²) in [6.45, 7) is 1.74. The molecule has 18 heavy (non-hydrogen) atoms. The van der Waals surface area contributed by atoms with Crippen molar-refractivity contribution in [1.29, 1.82) is 0 Å². The Hall–Kier alpha value is -1.87. The molecule has 2 aromatic carbocycles. The molecule has 0 saturated carbocycles. The van der Waals surface area contributed by atoms with E-state index in [0.717, 1.165) is 11.3 Å². The smallest absolute Gasteiger partial charge is 0.131 e. The van der Waals surface area contributed by atoms with E-state index in [2.05, 4.69) is 0 Å². The van der Waals surface area contributed by atoms with E-state index in [4.69, 9.17) is 10.5 Å². The van der Waals surface area contributed by atoms with Crippen LogP contribution in [0.2, 0.25) is 0 Å². The molecule has 0 aliphatic carbocycles. The SMILES string of the molecule is COc1ccc(C(N)c2cccc(C)c2F)cc1. The Morgan fingerprint density at radius 3 is 2.39 bits per heavy atom. The largest absolute Gasteiger partial charge is 0.497 e. The molecule has 0 heterocycles. The van der Waals surface area contributed by atoms with Crippen molar-refractivity contribution in [3.63, 3.8) is 0 Å². The fraction of sp³-hybridized carbons (Fsp3) is 0.200. The Morgan fingerprint density at radius 2 is 1.78 bits per heavy atom. The van der Waals surface area contributed by atoms with Crippen LogP contribution in [0.5, 0.6) is 5.75 Å². The van der Waals surface area contributed by atoms with Gasteiger partial charge in [0.2, 0.25) is 0 Å². The second kappa shape index (κ2) is 5.19. The van der Waals surface area contributed by atoms with Gasteiger partial charge in [0.25, 0.3) is 0 Å². The van der Waals surface area contributed by atoms with Gasteiger partial charge in [-0.25, -0.2) is 4.39 Å². The van der Waals surface area contributed by atoms with Gasteiger partial charge in [0, 0.05) is 5.56 Å². The van der Waals surface area contributed by atoms with Crippen LogP contribution in [0.15, 0.2) is 42.5 Å². The Bertz CT molecular complexity index is 537. The number of rotatable bonds is 3. The number of hydrogen-bond acceptors (Lipinski definition) is 2. The Labute approximate surface area is 106 Å². The minimum Gasteiger partial charge on any atom is -0.497 e. The summed E-state index contributed by atoms with van der Waals surface area (Å²) >= 11 is 0. The second-order valence-electron chi connectivity index (χ2n) is 4.23. The lowest BCUT2D eigenvalue weighted by Gasteiger charge is -2.15. The predicted molar refractivity (Wildman–Crippen MR) is 70.2 cm³/mol. The first kappa shape index (κ1) is 12.6. The summed E-state index contributed by atoms with van der Waals surface area (Å²) in [7, 11) is 1.61. The number of halogens is 1. The van der Waals surface area contributed by atoms with Crippen LogP contribution in [0.4, 0.5) is 4.39 Å². The molecule has 0 spiro atoms. The minimum atomic E-state index is -0.462. The van der Waals surface area contributed by atoms with E-state index < -0.39 is 6.04 Å². The molecular formula is C15H16FNO. The molecule has 0 aromatic heterocycles. The highest BCUT2D eigenvalue weighted by Gasteiger charge is 2.14. The van der Waals surface area contributed by atoms with Crippen LogP contribution < -0.4 is 10.5 Å². The molecule has 1 atom stereocenters. The molecule has 0 radical (unpaired) electrons. The molecule has 0 fully saturated rings. The molecule has 0 bridgehead atoms. The van der Waals surface area contributed by atoms with Gasteiger partial charge >= 0.3 is 0 Å². The van der Waals surface area contributed by atoms with Crippen LogP contribution in [-0.2, 0) is 0 Å². The van der Waals surface area contributed by atoms with Crippen molar-refractivity contribution in [2.75, 3.05) is 7.11 Å². The van der Waals surface area contributed by atoms with E-state index in [1.807, 2.05) is 30.3 Å². The number of hydrogen-bond donors (Lipinski definition) is 1. The van der Waals surface area contributed by atoms with E-state index in [1.165, 1.54) is 0 Å². The highest BCUT2D eigenvalue weighted by Crippen LogP contribution is 2.25. The molecule has 2 aromatic rings. The van der Waals surface area contributed by atoms with Crippen molar-refractivity contribution in [2.45, 2.75) is 13.0 Å². The van der Waals surface area contributed by atoms with Crippen LogP contribution in [-0.4, -0.2) is 7.11 Å².